The molecule has 0 bridgehead atoms. The maximum atomic E-state index is 4.79. The Hall–Kier alpha value is 0.330. The highest BCUT2D eigenvalue weighted by Crippen LogP contribution is 2.38. The van der Waals surface area contributed by atoms with Gasteiger partial charge in [-0.2, -0.15) is 11.8 Å². The van der Waals surface area contributed by atoms with Crippen LogP contribution in [0.5, 0.6) is 0 Å². The smallest absolute Gasteiger partial charge is 0.107 e. The minimum atomic E-state index is 0.622. The van der Waals surface area contributed by atoms with Crippen LogP contribution in [0.1, 0.15) is 42.1 Å². The Balaban J connectivity index is 2.05. The van der Waals surface area contributed by atoms with Crippen molar-refractivity contribution in [3.63, 3.8) is 0 Å². The number of hydrogen-bond donors (Lipinski definition) is 0. The molecule has 1 aliphatic heterocycles. The summed E-state index contributed by atoms with van der Waals surface area (Å²) < 4.78 is 0. The number of nitrogens with zero attached hydrogens (tertiary/aromatic N) is 1. The van der Waals surface area contributed by atoms with Crippen molar-refractivity contribution in [2.24, 2.45) is 0 Å². The summed E-state index contributed by atoms with van der Waals surface area (Å²) in [4.78, 5) is 4.79. The monoisotopic (exact) mass is 259 g/mol. The summed E-state index contributed by atoms with van der Waals surface area (Å²) >= 11 is 6.00. The van der Waals surface area contributed by atoms with E-state index in [1.165, 1.54) is 34.4 Å². The van der Waals surface area contributed by atoms with Crippen molar-refractivity contribution >= 4 is 34.9 Å². The highest BCUT2D eigenvalue weighted by molar-refractivity contribution is 8.06. The summed E-state index contributed by atoms with van der Waals surface area (Å²) in [7, 11) is 0. The van der Waals surface area contributed by atoms with Crippen LogP contribution in [0, 0.1) is 0 Å². The Morgan fingerprint density at radius 3 is 3.07 bits per heavy atom. The molecular weight excluding hydrogens is 242 g/mol. The predicted molar refractivity (Wildman–Crippen MR) is 73.3 cm³/mol. The SMILES string of the molecule is CCC(C)c1csc(C2CSCCS2)n1. The minimum Gasteiger partial charge on any atom is -0.245 e. The van der Waals surface area contributed by atoms with Crippen molar-refractivity contribution < 1.29 is 0 Å². The van der Waals surface area contributed by atoms with Crippen molar-refractivity contribution in [3.05, 3.63) is 16.1 Å². The zero-order valence-corrected chi connectivity index (χ0v) is 11.7. The second kappa shape index (κ2) is 5.60. The van der Waals surface area contributed by atoms with Crippen molar-refractivity contribution in [2.75, 3.05) is 17.3 Å². The van der Waals surface area contributed by atoms with Crippen LogP contribution in [0.15, 0.2) is 5.38 Å². The fourth-order valence-electron chi connectivity index (χ4n) is 1.51. The van der Waals surface area contributed by atoms with Crippen LogP contribution >= 0.6 is 34.9 Å². The molecule has 4 heteroatoms. The molecule has 0 N–H and O–H groups in total. The van der Waals surface area contributed by atoms with Gasteiger partial charge in [0.2, 0.25) is 0 Å². The minimum absolute atomic E-state index is 0.622. The second-order valence-corrected chi connectivity index (χ2v) is 7.20. The first kappa shape index (κ1) is 11.8. The summed E-state index contributed by atoms with van der Waals surface area (Å²) in [5, 5.41) is 4.26. The average Bonchev–Trinajstić information content (AvgIpc) is 2.78. The molecule has 0 saturated carbocycles. The van der Waals surface area contributed by atoms with Gasteiger partial charge >= 0.3 is 0 Å². The van der Waals surface area contributed by atoms with Crippen LogP contribution in [0.25, 0.3) is 0 Å². The van der Waals surface area contributed by atoms with Gasteiger partial charge in [-0.3, -0.25) is 0 Å². The van der Waals surface area contributed by atoms with Gasteiger partial charge in [0.05, 0.1) is 10.9 Å². The fourth-order valence-corrected chi connectivity index (χ4v) is 5.46. The highest BCUT2D eigenvalue weighted by Gasteiger charge is 2.20. The van der Waals surface area contributed by atoms with Gasteiger partial charge in [0.1, 0.15) is 5.01 Å². The number of aromatic nitrogens is 1. The molecule has 0 radical (unpaired) electrons. The van der Waals surface area contributed by atoms with Gasteiger partial charge in [0.15, 0.2) is 0 Å². The van der Waals surface area contributed by atoms with Crippen LogP contribution < -0.4 is 0 Å². The standard InChI is InChI=1S/C11H17NS3/c1-3-8(2)9-6-15-11(12-9)10-7-13-4-5-14-10/h6,8,10H,3-5,7H2,1-2H3. The quantitative estimate of drug-likeness (QED) is 0.808. The largest absolute Gasteiger partial charge is 0.245 e. The summed E-state index contributed by atoms with van der Waals surface area (Å²) in [5.74, 6) is 4.47. The van der Waals surface area contributed by atoms with Crippen LogP contribution in [0.4, 0.5) is 0 Å². The van der Waals surface area contributed by atoms with Crippen LogP contribution in [-0.4, -0.2) is 22.2 Å². The van der Waals surface area contributed by atoms with Gasteiger partial charge in [-0.25, -0.2) is 4.98 Å². The molecule has 2 rings (SSSR count). The van der Waals surface area contributed by atoms with E-state index in [-0.39, 0.29) is 0 Å². The lowest BCUT2D eigenvalue weighted by Crippen LogP contribution is -2.06. The van der Waals surface area contributed by atoms with E-state index in [4.69, 9.17) is 4.98 Å². The van der Waals surface area contributed by atoms with E-state index in [1.54, 1.807) is 0 Å². The van der Waals surface area contributed by atoms with Gasteiger partial charge in [0.25, 0.3) is 0 Å². The molecule has 1 aromatic heterocycles. The van der Waals surface area contributed by atoms with Crippen molar-refractivity contribution in [3.8, 4) is 0 Å². The first-order valence-electron chi connectivity index (χ1n) is 5.46. The van der Waals surface area contributed by atoms with E-state index in [9.17, 15) is 0 Å². The van der Waals surface area contributed by atoms with Crippen LogP contribution in [0.3, 0.4) is 0 Å². The molecule has 2 heterocycles. The lowest BCUT2D eigenvalue weighted by atomic mass is 10.1. The molecular formula is C11H17NS3. The van der Waals surface area contributed by atoms with E-state index in [2.05, 4.69) is 42.8 Å². The maximum Gasteiger partial charge on any atom is 0.107 e. The third-order valence-corrected chi connectivity index (χ3v) is 6.64. The molecule has 0 aliphatic carbocycles. The Bertz CT molecular complexity index is 305. The molecule has 2 unspecified atom stereocenters. The van der Waals surface area contributed by atoms with E-state index in [0.29, 0.717) is 11.2 Å². The van der Waals surface area contributed by atoms with Gasteiger partial charge in [-0.15, -0.1) is 23.1 Å². The van der Waals surface area contributed by atoms with Crippen LogP contribution in [-0.2, 0) is 0 Å². The van der Waals surface area contributed by atoms with E-state index in [1.807, 2.05) is 11.3 Å². The van der Waals surface area contributed by atoms with Gasteiger partial charge in [-0.1, -0.05) is 13.8 Å². The molecule has 0 aromatic carbocycles. The number of rotatable bonds is 3. The normalized spacial score (nSPS) is 24.0. The van der Waals surface area contributed by atoms with Gasteiger partial charge in [0, 0.05) is 22.6 Å². The predicted octanol–water partition coefficient (Wildman–Crippen LogP) is 4.18. The summed E-state index contributed by atoms with van der Waals surface area (Å²) in [6.07, 6.45) is 1.19. The Morgan fingerprint density at radius 2 is 2.40 bits per heavy atom. The molecule has 1 saturated heterocycles. The summed E-state index contributed by atoms with van der Waals surface area (Å²) in [6, 6.07) is 0. The van der Waals surface area contributed by atoms with Crippen molar-refractivity contribution in [1.82, 2.24) is 4.98 Å². The molecule has 0 spiro atoms. The number of thioether (sulfide) groups is 2. The van der Waals surface area contributed by atoms with Gasteiger partial charge in [-0.05, 0) is 12.3 Å². The molecule has 1 fully saturated rings. The zero-order valence-electron chi connectivity index (χ0n) is 9.23. The lowest BCUT2D eigenvalue weighted by Gasteiger charge is -2.18. The van der Waals surface area contributed by atoms with Gasteiger partial charge < -0.3 is 0 Å². The first-order chi connectivity index (χ1) is 7.31. The third-order valence-electron chi connectivity index (χ3n) is 2.75. The highest BCUT2D eigenvalue weighted by atomic mass is 32.2. The van der Waals surface area contributed by atoms with Crippen LogP contribution in [0.2, 0.25) is 0 Å². The molecule has 1 aliphatic rings. The molecule has 84 valence electrons. The molecule has 1 nitrogen and oxygen atoms in total. The number of hydrogen-bond acceptors (Lipinski definition) is 4. The molecule has 15 heavy (non-hydrogen) atoms. The average molecular weight is 259 g/mol. The Morgan fingerprint density at radius 1 is 1.53 bits per heavy atom. The molecule has 2 atom stereocenters. The molecule has 0 amide bonds. The Labute approximate surface area is 104 Å². The zero-order chi connectivity index (χ0) is 10.7. The lowest BCUT2D eigenvalue weighted by molar-refractivity contribution is 0.710. The van der Waals surface area contributed by atoms with E-state index in [0.717, 1.165) is 0 Å². The maximum absolute atomic E-state index is 4.79. The topological polar surface area (TPSA) is 12.9 Å². The van der Waals surface area contributed by atoms with E-state index >= 15 is 0 Å². The third kappa shape index (κ3) is 2.92. The van der Waals surface area contributed by atoms with Crippen molar-refractivity contribution in [1.29, 1.82) is 0 Å². The summed E-state index contributed by atoms with van der Waals surface area (Å²) in [6.45, 7) is 4.50. The molecule has 1 aromatic rings. The first-order valence-corrected chi connectivity index (χ1v) is 8.54. The number of thiazole rings is 1. The Kier molecular flexibility index (Phi) is 4.40. The fraction of sp³-hybridized carbons (Fsp3) is 0.727. The van der Waals surface area contributed by atoms with Crippen molar-refractivity contribution in [2.45, 2.75) is 31.4 Å². The van der Waals surface area contributed by atoms with E-state index < -0.39 is 0 Å². The summed E-state index contributed by atoms with van der Waals surface area (Å²) in [5.41, 5.74) is 1.30. The second-order valence-electron chi connectivity index (χ2n) is 3.85.